The lowest BCUT2D eigenvalue weighted by Gasteiger charge is -2.24. The van der Waals surface area contributed by atoms with Crippen LogP contribution in [0.4, 0.5) is 0 Å². The molecule has 1 aliphatic carbocycles. The number of rotatable bonds is 23. The molecule has 77 heavy (non-hydrogen) atoms. The van der Waals surface area contributed by atoms with E-state index in [1.54, 1.807) is 6.92 Å². The number of benzene rings is 4. The van der Waals surface area contributed by atoms with Gasteiger partial charge >= 0.3 is 41.8 Å². The number of methoxy groups -OCH3 is 3. The van der Waals surface area contributed by atoms with Crippen LogP contribution in [0, 0.1) is 27.7 Å². The van der Waals surface area contributed by atoms with Crippen molar-refractivity contribution in [1.29, 1.82) is 0 Å². The Balaban J connectivity index is 1.69. The number of ether oxygens (including phenoxy) is 11. The largest absolute Gasteiger partial charge is 0.489 e. The predicted molar refractivity (Wildman–Crippen MR) is 280 cm³/mol. The number of hydrogen-bond acceptors (Lipinski definition) is 18. The molecule has 5 rings (SSSR count). The van der Waals surface area contributed by atoms with E-state index in [0.717, 1.165) is 103 Å². The zero-order valence-corrected chi connectivity index (χ0v) is 44.6. The number of hydrogen-bond donors (Lipinski definition) is 0. The van der Waals surface area contributed by atoms with E-state index in [-0.39, 0.29) is 84.1 Å². The van der Waals surface area contributed by atoms with Gasteiger partial charge in [-0.15, -0.1) is 0 Å². The van der Waals surface area contributed by atoms with Gasteiger partial charge in [0.05, 0.1) is 21.3 Å². The zero-order chi connectivity index (χ0) is 56.0. The third-order valence-electron chi connectivity index (χ3n) is 11.4. The molecule has 0 radical (unpaired) electrons. The Morgan fingerprint density at radius 2 is 0.571 bits per heavy atom. The van der Waals surface area contributed by atoms with Crippen LogP contribution in [-0.2, 0) is 92.4 Å². The number of esters is 7. The Bertz CT molecular complexity index is 2790. The maximum atomic E-state index is 12.5. The summed E-state index contributed by atoms with van der Waals surface area (Å²) < 4.78 is 61.8. The SMILES string of the molecule is C=C(C)C(=O)OCCOc1c2cc(C)cc1Cc1cc(C)cc(c1OCCOC(=O)/C=C\C(=O)OC)Cc1cc(C)cc(c1OCCOC(=O)/C=C\C(=O)OC)Cc1cc(C)cc(c1OCCOC(=O)/C=C\C(=O)OC)C2. The van der Waals surface area contributed by atoms with Gasteiger partial charge in [-0.05, 0) is 79.1 Å². The normalized spacial score (nSPS) is 11.8. The van der Waals surface area contributed by atoms with E-state index in [9.17, 15) is 33.6 Å². The average Bonchev–Trinajstić information content (AvgIpc) is 3.39. The Morgan fingerprint density at radius 3 is 0.779 bits per heavy atom. The minimum Gasteiger partial charge on any atom is -0.489 e. The van der Waals surface area contributed by atoms with Gasteiger partial charge in [0.1, 0.15) is 75.9 Å². The number of fused-ring (bicyclic) bond motifs is 8. The van der Waals surface area contributed by atoms with Crippen LogP contribution in [0.2, 0.25) is 0 Å². The topological polar surface area (TPSA) is 221 Å². The highest BCUT2D eigenvalue weighted by molar-refractivity contribution is 5.93. The fraction of sp³-hybridized carbons (Fsp3) is 0.339. The van der Waals surface area contributed by atoms with Gasteiger partial charge in [-0.2, -0.15) is 0 Å². The molecule has 0 spiro atoms. The van der Waals surface area contributed by atoms with Gasteiger partial charge in [0.2, 0.25) is 0 Å². The van der Waals surface area contributed by atoms with Crippen molar-refractivity contribution in [3.05, 3.63) is 164 Å². The summed E-state index contributed by atoms with van der Waals surface area (Å²) in [6, 6.07) is 16.0. The summed E-state index contributed by atoms with van der Waals surface area (Å²) in [5.41, 5.74) is 9.96. The lowest BCUT2D eigenvalue weighted by molar-refractivity contribution is -0.140. The van der Waals surface area contributed by atoms with Gasteiger partial charge in [-0.3, -0.25) is 0 Å². The van der Waals surface area contributed by atoms with Crippen LogP contribution in [0.15, 0.2) is 97.1 Å². The predicted octanol–water partition coefficient (Wildman–Crippen LogP) is 7.05. The third kappa shape index (κ3) is 18.6. The lowest BCUT2D eigenvalue weighted by atomic mass is 9.88. The summed E-state index contributed by atoms with van der Waals surface area (Å²) in [5.74, 6) is -2.98. The number of carbonyl (C=O) groups is 7. The van der Waals surface area contributed by atoms with E-state index in [1.807, 2.05) is 76.2 Å². The van der Waals surface area contributed by atoms with Crippen LogP contribution >= 0.6 is 0 Å². The monoisotopic (exact) mass is 1060 g/mol. The maximum absolute atomic E-state index is 12.5. The van der Waals surface area contributed by atoms with E-state index in [1.165, 1.54) is 21.3 Å². The number of aryl methyl sites for hydroxylation is 4. The van der Waals surface area contributed by atoms with Crippen LogP contribution in [-0.4, -0.2) is 116 Å². The van der Waals surface area contributed by atoms with Crippen molar-refractivity contribution in [1.82, 2.24) is 0 Å². The zero-order valence-electron chi connectivity index (χ0n) is 44.6. The second-order valence-electron chi connectivity index (χ2n) is 17.7. The van der Waals surface area contributed by atoms with Crippen LogP contribution in [0.1, 0.15) is 73.7 Å². The first-order chi connectivity index (χ1) is 36.9. The Kier molecular flexibility index (Phi) is 22.6. The van der Waals surface area contributed by atoms with Crippen LogP contribution in [0.25, 0.3) is 0 Å². The molecule has 0 fully saturated rings. The Labute approximate surface area is 447 Å². The summed E-state index contributed by atoms with van der Waals surface area (Å²) in [5, 5.41) is 0. The highest BCUT2D eigenvalue weighted by Gasteiger charge is 2.24. The quantitative estimate of drug-likeness (QED) is 0.0277. The molecule has 4 aromatic carbocycles. The summed E-state index contributed by atoms with van der Waals surface area (Å²) in [6.07, 6.45) is 6.84. The molecule has 0 saturated heterocycles. The molecule has 0 aliphatic heterocycles. The molecule has 8 bridgehead atoms. The molecule has 4 aromatic rings. The Morgan fingerprint density at radius 1 is 0.364 bits per heavy atom. The lowest BCUT2D eigenvalue weighted by Crippen LogP contribution is -2.16. The smallest absolute Gasteiger partial charge is 0.333 e. The molecule has 1 aliphatic rings. The fourth-order valence-electron chi connectivity index (χ4n) is 8.34. The molecular formula is C59H64O18. The number of carbonyl (C=O) groups excluding carboxylic acids is 7. The standard InChI is InChI=1S/C59H64O18/c1-36(2)59(66)77-23-22-76-58-47-30-40(6)31-48(58)35-46-29-39(5)27-44(57(46)75-21-18-72-54(65)15-12-51(62)69-9)33-42-25-37(3)24-41(55(42)73-19-16-70-52(63)13-10-49(60)67-7)32-43-26-38(4)28-45(34-47)56(43)74-20-17-71-53(64)14-11-50(61)68-8/h10-15,24-31H,1,16-23,32-35H2,2-9H3/b13-10-,14-11-,15-12-. The molecular weight excluding hydrogens is 997 g/mol. The summed E-state index contributed by atoms with van der Waals surface area (Å²) in [6.45, 7) is 12.3. The van der Waals surface area contributed by atoms with Gasteiger partial charge in [0, 0.05) is 67.7 Å². The maximum Gasteiger partial charge on any atom is 0.333 e. The molecule has 0 atom stereocenters. The van der Waals surface area contributed by atoms with Gasteiger partial charge in [-0.1, -0.05) is 77.4 Å². The van der Waals surface area contributed by atoms with Crippen molar-refractivity contribution in [2.75, 3.05) is 74.2 Å². The van der Waals surface area contributed by atoms with E-state index >= 15 is 0 Å². The van der Waals surface area contributed by atoms with Gasteiger partial charge in [0.25, 0.3) is 0 Å². The average molecular weight is 1060 g/mol. The minimum absolute atomic E-state index is 0.00131. The van der Waals surface area contributed by atoms with Crippen molar-refractivity contribution >= 4 is 41.8 Å². The molecule has 0 N–H and O–H groups in total. The van der Waals surface area contributed by atoms with Crippen molar-refractivity contribution < 1.29 is 85.7 Å². The minimum atomic E-state index is -0.775. The third-order valence-corrected chi connectivity index (χ3v) is 11.4. The van der Waals surface area contributed by atoms with Crippen molar-refractivity contribution in [3.8, 4) is 23.0 Å². The van der Waals surface area contributed by atoms with Crippen molar-refractivity contribution in [2.45, 2.75) is 60.3 Å². The van der Waals surface area contributed by atoms with Gasteiger partial charge < -0.3 is 52.1 Å². The molecule has 0 amide bonds. The van der Waals surface area contributed by atoms with E-state index < -0.39 is 41.8 Å². The summed E-state index contributed by atoms with van der Waals surface area (Å²) in [4.78, 5) is 85.0. The first kappa shape index (κ1) is 59.2. The molecule has 0 unspecified atom stereocenters. The van der Waals surface area contributed by atoms with Gasteiger partial charge in [-0.25, -0.2) is 33.6 Å². The van der Waals surface area contributed by atoms with E-state index in [4.69, 9.17) is 37.9 Å². The summed E-state index contributed by atoms with van der Waals surface area (Å²) >= 11 is 0. The highest BCUT2D eigenvalue weighted by atomic mass is 16.6. The highest BCUT2D eigenvalue weighted by Crippen LogP contribution is 2.40. The van der Waals surface area contributed by atoms with Crippen molar-refractivity contribution in [2.24, 2.45) is 0 Å². The molecule has 18 heteroatoms. The molecule has 0 aromatic heterocycles. The molecule has 18 nitrogen and oxygen atoms in total. The van der Waals surface area contributed by atoms with Gasteiger partial charge in [0.15, 0.2) is 0 Å². The van der Waals surface area contributed by atoms with Crippen LogP contribution in [0.3, 0.4) is 0 Å². The molecule has 0 heterocycles. The second-order valence-corrected chi connectivity index (χ2v) is 17.7. The van der Waals surface area contributed by atoms with Crippen molar-refractivity contribution in [3.63, 3.8) is 0 Å². The molecule has 0 saturated carbocycles. The first-order valence-corrected chi connectivity index (χ1v) is 24.5. The molecule has 408 valence electrons. The van der Waals surface area contributed by atoms with Crippen LogP contribution < -0.4 is 18.9 Å². The van der Waals surface area contributed by atoms with E-state index in [2.05, 4.69) is 20.8 Å². The first-order valence-electron chi connectivity index (χ1n) is 24.5. The second kappa shape index (κ2) is 29.4. The Hall–Kier alpha value is -8.67. The van der Waals surface area contributed by atoms with E-state index in [0.29, 0.717) is 23.0 Å². The van der Waals surface area contributed by atoms with Crippen LogP contribution in [0.5, 0.6) is 23.0 Å². The fourth-order valence-corrected chi connectivity index (χ4v) is 8.34. The summed E-state index contributed by atoms with van der Waals surface area (Å²) in [7, 11) is 3.58.